The van der Waals surface area contributed by atoms with Crippen molar-refractivity contribution in [2.45, 2.75) is 12.6 Å². The van der Waals surface area contributed by atoms with Gasteiger partial charge in [-0.2, -0.15) is 0 Å². The Bertz CT molecular complexity index is 336. The van der Waals surface area contributed by atoms with Crippen LogP contribution in [-0.2, 0) is 14.3 Å². The number of hydrogen-bond acceptors (Lipinski definition) is 3. The van der Waals surface area contributed by atoms with Crippen LogP contribution in [0.15, 0.2) is 12.2 Å². The number of rotatable bonds is 0. The molecule has 0 bridgehead atoms. The largest absolute Gasteiger partial charge is 0.356 e. The van der Waals surface area contributed by atoms with Crippen LogP contribution in [0.4, 0.5) is 0 Å². The van der Waals surface area contributed by atoms with Crippen LogP contribution in [-0.4, -0.2) is 36.0 Å². The summed E-state index contributed by atoms with van der Waals surface area (Å²) in [5.41, 5.74) is 0. The Morgan fingerprint density at radius 3 is 3.14 bits per heavy atom. The molecule has 0 N–H and O–H groups in total. The minimum absolute atomic E-state index is 0.0579. The first kappa shape index (κ1) is 8.17. The van der Waals surface area contributed by atoms with Crippen molar-refractivity contribution in [1.82, 2.24) is 4.90 Å². The molecule has 0 unspecified atom stereocenters. The minimum atomic E-state index is -0.138. The fourth-order valence-corrected chi connectivity index (χ4v) is 2.60. The summed E-state index contributed by atoms with van der Waals surface area (Å²) in [5, 5.41) is 0. The number of carbonyl (C=O) groups excluding carboxylic acids is 2. The first-order chi connectivity index (χ1) is 6.77. The molecule has 3 aliphatic rings. The smallest absolute Gasteiger partial charge is 0.232 e. The lowest BCUT2D eigenvalue weighted by molar-refractivity contribution is -0.131. The third-order valence-electron chi connectivity index (χ3n) is 3.25. The van der Waals surface area contributed by atoms with Gasteiger partial charge in [-0.25, -0.2) is 0 Å². The lowest BCUT2D eigenvalue weighted by Gasteiger charge is -2.20. The number of hydrogen-bond donors (Lipinski definition) is 0. The molecule has 1 amide bonds. The summed E-state index contributed by atoms with van der Waals surface area (Å²) in [6.07, 6.45) is 3.58. The Balaban J connectivity index is 1.97. The summed E-state index contributed by atoms with van der Waals surface area (Å²) in [6.45, 7) is 1.29. The number of amides is 1. The summed E-state index contributed by atoms with van der Waals surface area (Å²) < 4.78 is 5.48. The highest BCUT2D eigenvalue weighted by molar-refractivity contribution is 5.95. The molecule has 4 heteroatoms. The monoisotopic (exact) mass is 193 g/mol. The molecule has 0 saturated carbocycles. The number of nitrogens with zero attached hydrogens (tertiary/aromatic N) is 1. The summed E-state index contributed by atoms with van der Waals surface area (Å²) in [4.78, 5) is 24.8. The average Bonchev–Trinajstić information content (AvgIpc) is 2.71. The van der Waals surface area contributed by atoms with Gasteiger partial charge in [0.15, 0.2) is 5.78 Å². The van der Waals surface area contributed by atoms with E-state index in [1.165, 1.54) is 6.08 Å². The summed E-state index contributed by atoms with van der Waals surface area (Å²) in [6, 6.07) is 0. The van der Waals surface area contributed by atoms with E-state index in [1.807, 2.05) is 0 Å². The van der Waals surface area contributed by atoms with Gasteiger partial charge in [-0.15, -0.1) is 0 Å². The molecule has 0 aromatic carbocycles. The van der Waals surface area contributed by atoms with Crippen LogP contribution >= 0.6 is 0 Å². The molecule has 0 spiro atoms. The second-order valence-corrected chi connectivity index (χ2v) is 4.01. The first-order valence-electron chi connectivity index (χ1n) is 4.90. The van der Waals surface area contributed by atoms with E-state index in [4.69, 9.17) is 4.74 Å². The van der Waals surface area contributed by atoms with Crippen LogP contribution in [0.3, 0.4) is 0 Å². The van der Waals surface area contributed by atoms with Crippen LogP contribution in [0.25, 0.3) is 0 Å². The van der Waals surface area contributed by atoms with Crippen LogP contribution < -0.4 is 0 Å². The molecule has 3 rings (SSSR count). The van der Waals surface area contributed by atoms with Gasteiger partial charge in [0.1, 0.15) is 6.23 Å². The summed E-state index contributed by atoms with van der Waals surface area (Å²) >= 11 is 0. The molecule has 2 heterocycles. The third-order valence-corrected chi connectivity index (χ3v) is 3.25. The molecule has 0 aromatic rings. The van der Waals surface area contributed by atoms with Gasteiger partial charge >= 0.3 is 0 Å². The van der Waals surface area contributed by atoms with Crippen molar-refractivity contribution in [2.24, 2.45) is 11.8 Å². The SMILES string of the molecule is O=C1C=C[C@H]2C(=O)N3CCO[C@H]3[C@H]2C1. The molecule has 0 radical (unpaired) electrons. The van der Waals surface area contributed by atoms with E-state index in [-0.39, 0.29) is 29.8 Å². The number of fused-ring (bicyclic) bond motifs is 3. The second-order valence-electron chi connectivity index (χ2n) is 4.01. The van der Waals surface area contributed by atoms with E-state index < -0.39 is 0 Å². The molecular formula is C10H11NO3. The molecule has 3 atom stereocenters. The van der Waals surface area contributed by atoms with Crippen molar-refractivity contribution < 1.29 is 14.3 Å². The molecule has 1 aliphatic carbocycles. The molecular weight excluding hydrogens is 182 g/mol. The molecule has 4 nitrogen and oxygen atoms in total. The Morgan fingerprint density at radius 1 is 1.43 bits per heavy atom. The van der Waals surface area contributed by atoms with E-state index in [0.717, 1.165) is 0 Å². The van der Waals surface area contributed by atoms with Crippen LogP contribution in [0.2, 0.25) is 0 Å². The highest BCUT2D eigenvalue weighted by atomic mass is 16.5. The first-order valence-corrected chi connectivity index (χ1v) is 4.90. The van der Waals surface area contributed by atoms with E-state index in [2.05, 4.69) is 0 Å². The zero-order valence-corrected chi connectivity index (χ0v) is 7.68. The molecule has 0 aromatic heterocycles. The lowest BCUT2D eigenvalue weighted by Crippen LogP contribution is -2.30. The quantitative estimate of drug-likeness (QED) is 0.541. The van der Waals surface area contributed by atoms with Gasteiger partial charge in [0.25, 0.3) is 0 Å². The number of carbonyl (C=O) groups is 2. The van der Waals surface area contributed by atoms with Gasteiger partial charge in [-0.1, -0.05) is 6.08 Å². The van der Waals surface area contributed by atoms with Crippen molar-refractivity contribution in [3.63, 3.8) is 0 Å². The fourth-order valence-electron chi connectivity index (χ4n) is 2.60. The Labute approximate surface area is 81.5 Å². The summed E-state index contributed by atoms with van der Waals surface area (Å²) in [7, 11) is 0. The van der Waals surface area contributed by atoms with Crippen molar-refractivity contribution >= 4 is 11.7 Å². The summed E-state index contributed by atoms with van der Waals surface area (Å²) in [5.74, 6) is 0.179. The zero-order valence-electron chi connectivity index (χ0n) is 7.68. The van der Waals surface area contributed by atoms with Crippen molar-refractivity contribution in [2.75, 3.05) is 13.2 Å². The lowest BCUT2D eigenvalue weighted by atomic mass is 9.85. The van der Waals surface area contributed by atoms with E-state index in [1.54, 1.807) is 11.0 Å². The standard InChI is InChI=1S/C10H11NO3/c12-6-1-2-7-8(5-6)10-11(9(7)13)3-4-14-10/h1-2,7-8,10H,3-5H2/t7-,8+,10+/m1/s1. The minimum Gasteiger partial charge on any atom is -0.356 e. The molecule has 2 fully saturated rings. The van der Waals surface area contributed by atoms with Gasteiger partial charge in [-0.05, 0) is 6.08 Å². The Morgan fingerprint density at radius 2 is 2.29 bits per heavy atom. The Kier molecular flexibility index (Phi) is 1.56. The maximum atomic E-state index is 11.8. The Hall–Kier alpha value is -1.16. The van der Waals surface area contributed by atoms with E-state index in [0.29, 0.717) is 19.6 Å². The maximum Gasteiger partial charge on any atom is 0.232 e. The van der Waals surface area contributed by atoms with Crippen LogP contribution in [0, 0.1) is 11.8 Å². The van der Waals surface area contributed by atoms with Gasteiger partial charge in [0.05, 0.1) is 12.5 Å². The third kappa shape index (κ3) is 0.917. The predicted octanol–water partition coefficient (Wildman–Crippen LogP) is -0.0537. The van der Waals surface area contributed by atoms with Crippen LogP contribution in [0.1, 0.15) is 6.42 Å². The van der Waals surface area contributed by atoms with E-state index >= 15 is 0 Å². The topological polar surface area (TPSA) is 46.6 Å². The van der Waals surface area contributed by atoms with Crippen molar-refractivity contribution in [1.29, 1.82) is 0 Å². The average molecular weight is 193 g/mol. The van der Waals surface area contributed by atoms with Gasteiger partial charge in [0.2, 0.25) is 5.91 Å². The van der Waals surface area contributed by atoms with Crippen molar-refractivity contribution in [3.05, 3.63) is 12.2 Å². The van der Waals surface area contributed by atoms with Gasteiger partial charge in [-0.3, -0.25) is 9.59 Å². The molecule has 74 valence electrons. The fraction of sp³-hybridized carbons (Fsp3) is 0.600. The molecule has 14 heavy (non-hydrogen) atoms. The van der Waals surface area contributed by atoms with Gasteiger partial charge in [0, 0.05) is 18.9 Å². The van der Waals surface area contributed by atoms with E-state index in [9.17, 15) is 9.59 Å². The second kappa shape index (κ2) is 2.67. The number of ketones is 1. The predicted molar refractivity (Wildman–Crippen MR) is 47.2 cm³/mol. The zero-order chi connectivity index (χ0) is 9.71. The van der Waals surface area contributed by atoms with Gasteiger partial charge < -0.3 is 9.64 Å². The van der Waals surface area contributed by atoms with Crippen molar-refractivity contribution in [3.8, 4) is 0 Å². The maximum absolute atomic E-state index is 11.8. The molecule has 2 aliphatic heterocycles. The van der Waals surface area contributed by atoms with Crippen LogP contribution in [0.5, 0.6) is 0 Å². The number of allylic oxidation sites excluding steroid dienone is 1. The number of ether oxygens (including phenoxy) is 1. The highest BCUT2D eigenvalue weighted by Crippen LogP contribution is 2.39. The molecule has 2 saturated heterocycles. The normalized spacial score (nSPS) is 40.3. The highest BCUT2D eigenvalue weighted by Gasteiger charge is 2.51.